The van der Waals surface area contributed by atoms with Gasteiger partial charge in [0.15, 0.2) is 0 Å². The molecule has 0 saturated carbocycles. The molecule has 2 saturated heterocycles. The molecule has 0 aliphatic carbocycles. The molecule has 2 heterocycles. The molecule has 1 unspecified atom stereocenters. The Kier molecular flexibility index (Phi) is 5.81. The third kappa shape index (κ3) is 3.94. The van der Waals surface area contributed by atoms with Gasteiger partial charge < -0.3 is 14.7 Å². The molecule has 5 heteroatoms. The minimum Gasteiger partial charge on any atom is -0.340 e. The van der Waals surface area contributed by atoms with Gasteiger partial charge in [0, 0.05) is 45.7 Å². The summed E-state index contributed by atoms with van der Waals surface area (Å²) in [6.07, 6.45) is 2.66. The van der Waals surface area contributed by atoms with Gasteiger partial charge in [-0.2, -0.15) is 5.26 Å². The van der Waals surface area contributed by atoms with E-state index in [9.17, 15) is 4.79 Å². The van der Waals surface area contributed by atoms with E-state index < -0.39 is 0 Å². The first kappa shape index (κ1) is 15.3. The molecule has 20 heavy (non-hydrogen) atoms. The van der Waals surface area contributed by atoms with Crippen molar-refractivity contribution in [2.75, 3.05) is 52.4 Å². The summed E-state index contributed by atoms with van der Waals surface area (Å²) in [6.45, 7) is 9.70. The van der Waals surface area contributed by atoms with Gasteiger partial charge in [0.05, 0.1) is 12.0 Å². The molecule has 2 fully saturated rings. The van der Waals surface area contributed by atoms with Gasteiger partial charge in [-0.3, -0.25) is 4.79 Å². The Bertz CT molecular complexity index is 357. The van der Waals surface area contributed by atoms with Crippen LogP contribution in [0.3, 0.4) is 0 Å². The molecule has 1 atom stereocenters. The fraction of sp³-hybridized carbons (Fsp3) is 0.867. The highest BCUT2D eigenvalue weighted by Gasteiger charge is 2.30. The number of carbonyl (C=O) groups excluding carboxylic acids is 1. The summed E-state index contributed by atoms with van der Waals surface area (Å²) in [5.74, 6) is 0.484. The molecule has 0 aromatic rings. The minimum atomic E-state index is 0.149. The predicted octanol–water partition coefficient (Wildman–Crippen LogP) is 0.776. The number of likely N-dealkylation sites (N-methyl/N-ethyl adjacent to an activating group) is 1. The zero-order valence-corrected chi connectivity index (χ0v) is 12.6. The van der Waals surface area contributed by atoms with E-state index in [-0.39, 0.29) is 5.92 Å². The Hall–Kier alpha value is -1.12. The molecule has 5 nitrogen and oxygen atoms in total. The van der Waals surface area contributed by atoms with Crippen LogP contribution >= 0.6 is 0 Å². The monoisotopic (exact) mass is 278 g/mol. The van der Waals surface area contributed by atoms with Gasteiger partial charge in [-0.15, -0.1) is 0 Å². The number of rotatable bonds is 4. The normalized spacial score (nSPS) is 25.4. The van der Waals surface area contributed by atoms with E-state index in [0.717, 1.165) is 65.2 Å². The minimum absolute atomic E-state index is 0.149. The molecule has 0 aromatic heterocycles. The van der Waals surface area contributed by atoms with Gasteiger partial charge >= 0.3 is 0 Å². The highest BCUT2D eigenvalue weighted by molar-refractivity contribution is 5.79. The number of likely N-dealkylation sites (tertiary alicyclic amines) is 1. The Labute approximate surface area is 122 Å². The molecular weight excluding hydrogens is 252 g/mol. The Morgan fingerprint density at radius 3 is 2.60 bits per heavy atom. The maximum atomic E-state index is 12.6. The fourth-order valence-electron chi connectivity index (χ4n) is 3.21. The topological polar surface area (TPSA) is 50.6 Å². The molecule has 1 amide bonds. The van der Waals surface area contributed by atoms with Gasteiger partial charge in [0.25, 0.3) is 0 Å². The highest BCUT2D eigenvalue weighted by Crippen LogP contribution is 2.19. The largest absolute Gasteiger partial charge is 0.340 e. The molecule has 2 aliphatic rings. The van der Waals surface area contributed by atoms with Crippen LogP contribution < -0.4 is 0 Å². The SMILES string of the molecule is CCN1CCN(C(=O)C2CCCN(CCC#N)C2)CC1. The third-order valence-electron chi connectivity index (χ3n) is 4.53. The Balaban J connectivity index is 1.81. The van der Waals surface area contributed by atoms with Crippen LogP contribution in [0.15, 0.2) is 0 Å². The van der Waals surface area contributed by atoms with Crippen LogP contribution in [0.5, 0.6) is 0 Å². The number of hydrogen-bond acceptors (Lipinski definition) is 4. The fourth-order valence-corrected chi connectivity index (χ4v) is 3.21. The van der Waals surface area contributed by atoms with E-state index in [4.69, 9.17) is 5.26 Å². The summed E-state index contributed by atoms with van der Waals surface area (Å²) in [4.78, 5) is 19.3. The predicted molar refractivity (Wildman–Crippen MR) is 78.1 cm³/mol. The summed E-state index contributed by atoms with van der Waals surface area (Å²) in [5.41, 5.74) is 0. The van der Waals surface area contributed by atoms with Gasteiger partial charge in [-0.05, 0) is 25.9 Å². The molecule has 0 spiro atoms. The second-order valence-corrected chi connectivity index (χ2v) is 5.81. The van der Waals surface area contributed by atoms with Crippen LogP contribution in [0.4, 0.5) is 0 Å². The quantitative estimate of drug-likeness (QED) is 0.762. The van der Waals surface area contributed by atoms with Crippen molar-refractivity contribution in [1.82, 2.24) is 14.7 Å². The molecule has 112 valence electrons. The molecule has 0 aromatic carbocycles. The lowest BCUT2D eigenvalue weighted by Crippen LogP contribution is -2.52. The van der Waals surface area contributed by atoms with Crippen LogP contribution in [-0.2, 0) is 4.79 Å². The Morgan fingerprint density at radius 2 is 1.95 bits per heavy atom. The average Bonchev–Trinajstić information content (AvgIpc) is 2.52. The zero-order valence-electron chi connectivity index (χ0n) is 12.6. The molecular formula is C15H26N4O. The van der Waals surface area contributed by atoms with E-state index in [0.29, 0.717) is 12.3 Å². The summed E-state index contributed by atoms with van der Waals surface area (Å²) >= 11 is 0. The Morgan fingerprint density at radius 1 is 1.20 bits per heavy atom. The number of carbonyl (C=O) groups is 1. The maximum absolute atomic E-state index is 12.6. The first-order valence-electron chi connectivity index (χ1n) is 7.85. The van der Waals surface area contributed by atoms with Gasteiger partial charge in [-0.25, -0.2) is 0 Å². The number of nitriles is 1. The van der Waals surface area contributed by atoms with Crippen molar-refractivity contribution in [2.45, 2.75) is 26.2 Å². The van der Waals surface area contributed by atoms with Crippen molar-refractivity contribution in [3.8, 4) is 6.07 Å². The second-order valence-electron chi connectivity index (χ2n) is 5.81. The van der Waals surface area contributed by atoms with Crippen molar-refractivity contribution in [2.24, 2.45) is 5.92 Å². The zero-order chi connectivity index (χ0) is 14.4. The summed E-state index contributed by atoms with van der Waals surface area (Å²) in [7, 11) is 0. The second kappa shape index (κ2) is 7.61. The number of amides is 1. The van der Waals surface area contributed by atoms with Crippen LogP contribution in [0.25, 0.3) is 0 Å². The first-order chi connectivity index (χ1) is 9.74. The van der Waals surface area contributed by atoms with Crippen molar-refractivity contribution in [1.29, 1.82) is 5.26 Å². The van der Waals surface area contributed by atoms with E-state index in [2.05, 4.69) is 22.8 Å². The van der Waals surface area contributed by atoms with Crippen LogP contribution in [0.2, 0.25) is 0 Å². The lowest BCUT2D eigenvalue weighted by atomic mass is 9.96. The lowest BCUT2D eigenvalue weighted by Gasteiger charge is -2.38. The summed E-state index contributed by atoms with van der Waals surface area (Å²) in [5, 5.41) is 8.67. The lowest BCUT2D eigenvalue weighted by molar-refractivity contribution is -0.139. The van der Waals surface area contributed by atoms with E-state index in [1.165, 1.54) is 0 Å². The smallest absolute Gasteiger partial charge is 0.227 e. The van der Waals surface area contributed by atoms with E-state index in [1.807, 2.05) is 4.90 Å². The van der Waals surface area contributed by atoms with Gasteiger partial charge in [0.1, 0.15) is 0 Å². The maximum Gasteiger partial charge on any atom is 0.227 e. The van der Waals surface area contributed by atoms with E-state index in [1.54, 1.807) is 0 Å². The summed E-state index contributed by atoms with van der Waals surface area (Å²) in [6, 6.07) is 2.19. The van der Waals surface area contributed by atoms with Crippen LogP contribution in [-0.4, -0.2) is 73.0 Å². The first-order valence-corrected chi connectivity index (χ1v) is 7.85. The molecule has 0 N–H and O–H groups in total. The number of piperazine rings is 1. The summed E-state index contributed by atoms with van der Waals surface area (Å²) < 4.78 is 0. The van der Waals surface area contributed by atoms with E-state index >= 15 is 0 Å². The number of nitrogens with zero attached hydrogens (tertiary/aromatic N) is 4. The molecule has 0 radical (unpaired) electrons. The van der Waals surface area contributed by atoms with Gasteiger partial charge in [0.2, 0.25) is 5.91 Å². The number of piperidine rings is 1. The van der Waals surface area contributed by atoms with Gasteiger partial charge in [-0.1, -0.05) is 6.92 Å². The van der Waals surface area contributed by atoms with Crippen molar-refractivity contribution in [3.05, 3.63) is 0 Å². The number of hydrogen-bond donors (Lipinski definition) is 0. The van der Waals surface area contributed by atoms with Crippen LogP contribution in [0.1, 0.15) is 26.2 Å². The molecule has 2 rings (SSSR count). The molecule has 2 aliphatic heterocycles. The van der Waals surface area contributed by atoms with Crippen molar-refractivity contribution in [3.63, 3.8) is 0 Å². The molecule has 0 bridgehead atoms. The highest BCUT2D eigenvalue weighted by atomic mass is 16.2. The van der Waals surface area contributed by atoms with Crippen LogP contribution in [0, 0.1) is 17.2 Å². The third-order valence-corrected chi connectivity index (χ3v) is 4.53. The standard InChI is InChI=1S/C15H26N4O/c1-2-17-9-11-19(12-10-17)15(20)14-5-3-7-18(13-14)8-4-6-16/h14H,2-5,7-13H2,1H3. The average molecular weight is 278 g/mol. The van der Waals surface area contributed by atoms with Crippen molar-refractivity contribution < 1.29 is 4.79 Å². The van der Waals surface area contributed by atoms with Crippen molar-refractivity contribution >= 4 is 5.91 Å².